The topological polar surface area (TPSA) is 58.4 Å². The number of carboxylic acid groups (broad SMARTS) is 1. The summed E-state index contributed by atoms with van der Waals surface area (Å²) < 4.78 is 1.63. The molecule has 0 unspecified atom stereocenters. The van der Waals surface area contributed by atoms with Crippen LogP contribution in [0.2, 0.25) is 0 Å². The summed E-state index contributed by atoms with van der Waals surface area (Å²) in [6, 6.07) is 0. The van der Waals surface area contributed by atoms with Gasteiger partial charge in [-0.05, 0) is 13.0 Å². The van der Waals surface area contributed by atoms with Gasteiger partial charge in [-0.1, -0.05) is 13.8 Å². The van der Waals surface area contributed by atoms with E-state index >= 15 is 0 Å². The molecule has 0 amide bonds. The van der Waals surface area contributed by atoms with E-state index in [0.717, 1.165) is 12.2 Å². The molecule has 5 nitrogen and oxygen atoms in total. The van der Waals surface area contributed by atoms with Crippen molar-refractivity contribution >= 4 is 5.97 Å². The monoisotopic (exact) mass is 225 g/mol. The Bertz CT molecular complexity index is 371. The highest BCUT2D eigenvalue weighted by Crippen LogP contribution is 2.10. The predicted molar refractivity (Wildman–Crippen MR) is 61.3 cm³/mol. The van der Waals surface area contributed by atoms with Gasteiger partial charge in [0.2, 0.25) is 0 Å². The smallest absolute Gasteiger partial charge is 0.339 e. The molecule has 1 N–H and O–H groups in total. The van der Waals surface area contributed by atoms with E-state index in [1.807, 2.05) is 7.05 Å². The first-order valence-electron chi connectivity index (χ1n) is 5.34. The maximum Gasteiger partial charge on any atom is 0.339 e. The number of nitrogens with zero attached hydrogens (tertiary/aromatic N) is 3. The molecule has 0 aliphatic heterocycles. The zero-order valence-electron chi connectivity index (χ0n) is 10.3. The fourth-order valence-electron chi connectivity index (χ4n) is 1.77. The second-order valence-electron chi connectivity index (χ2n) is 4.52. The summed E-state index contributed by atoms with van der Waals surface area (Å²) in [5.74, 6) is -0.354. The summed E-state index contributed by atoms with van der Waals surface area (Å²) >= 11 is 0. The maximum absolute atomic E-state index is 11.0. The minimum atomic E-state index is -0.916. The van der Waals surface area contributed by atoms with Gasteiger partial charge < -0.3 is 10.0 Å². The Kier molecular flexibility index (Phi) is 4.06. The van der Waals surface area contributed by atoms with Crippen molar-refractivity contribution in [3.8, 4) is 0 Å². The molecule has 1 aromatic rings. The van der Waals surface area contributed by atoms with Crippen LogP contribution in [0, 0.1) is 5.92 Å². The van der Waals surface area contributed by atoms with Gasteiger partial charge in [0.25, 0.3) is 0 Å². The Hall–Kier alpha value is -1.36. The van der Waals surface area contributed by atoms with Crippen LogP contribution in [0.3, 0.4) is 0 Å². The minimum absolute atomic E-state index is 0.290. The molecule has 0 saturated heterocycles. The zero-order chi connectivity index (χ0) is 12.3. The Labute approximate surface area is 95.7 Å². The molecule has 0 radical (unpaired) electrons. The lowest BCUT2D eigenvalue weighted by Gasteiger charge is -2.19. The molecule has 0 fully saturated rings. The number of carbonyl (C=O) groups is 1. The summed E-state index contributed by atoms with van der Waals surface area (Å²) in [5, 5.41) is 13.0. The molecule has 1 rings (SSSR count). The van der Waals surface area contributed by atoms with Gasteiger partial charge in [0, 0.05) is 20.1 Å². The van der Waals surface area contributed by atoms with Crippen LogP contribution in [0.1, 0.15) is 29.9 Å². The van der Waals surface area contributed by atoms with Crippen molar-refractivity contribution in [1.29, 1.82) is 0 Å². The Morgan fingerprint density at radius 3 is 2.75 bits per heavy atom. The molecular formula is C11H19N3O2. The standard InChI is InChI=1S/C11H19N3O2/c1-8(2)6-13(3)7-10-9(11(15)16)5-12-14(10)4/h5,8H,6-7H2,1-4H3,(H,15,16). The van der Waals surface area contributed by atoms with Gasteiger partial charge in [-0.25, -0.2) is 4.79 Å². The van der Waals surface area contributed by atoms with Crippen molar-refractivity contribution in [1.82, 2.24) is 14.7 Å². The molecule has 0 spiro atoms. The lowest BCUT2D eigenvalue weighted by molar-refractivity contribution is 0.0694. The van der Waals surface area contributed by atoms with E-state index in [-0.39, 0.29) is 5.56 Å². The van der Waals surface area contributed by atoms with Gasteiger partial charge >= 0.3 is 5.97 Å². The van der Waals surface area contributed by atoms with Crippen LogP contribution >= 0.6 is 0 Å². The quantitative estimate of drug-likeness (QED) is 0.818. The second kappa shape index (κ2) is 5.12. The Morgan fingerprint density at radius 2 is 2.25 bits per heavy atom. The first-order chi connectivity index (χ1) is 7.41. The van der Waals surface area contributed by atoms with Gasteiger partial charge in [0.1, 0.15) is 5.56 Å². The number of rotatable bonds is 5. The predicted octanol–water partition coefficient (Wildman–Crippen LogP) is 1.21. The summed E-state index contributed by atoms with van der Waals surface area (Å²) in [6.07, 6.45) is 1.40. The van der Waals surface area contributed by atoms with Crippen LogP contribution in [-0.2, 0) is 13.6 Å². The largest absolute Gasteiger partial charge is 0.478 e. The van der Waals surface area contributed by atoms with Crippen molar-refractivity contribution in [2.24, 2.45) is 13.0 Å². The lowest BCUT2D eigenvalue weighted by Crippen LogP contribution is -2.25. The number of hydrogen-bond donors (Lipinski definition) is 1. The molecular weight excluding hydrogens is 206 g/mol. The lowest BCUT2D eigenvalue weighted by atomic mass is 10.2. The van der Waals surface area contributed by atoms with Crippen molar-refractivity contribution < 1.29 is 9.90 Å². The summed E-state index contributed by atoms with van der Waals surface area (Å²) in [5.41, 5.74) is 1.04. The third kappa shape index (κ3) is 3.06. The Morgan fingerprint density at radius 1 is 1.62 bits per heavy atom. The minimum Gasteiger partial charge on any atom is -0.478 e. The molecule has 0 aliphatic rings. The highest BCUT2D eigenvalue weighted by molar-refractivity contribution is 5.88. The van der Waals surface area contributed by atoms with Crippen LogP contribution in [0.4, 0.5) is 0 Å². The van der Waals surface area contributed by atoms with E-state index in [1.165, 1.54) is 6.20 Å². The molecule has 0 aliphatic carbocycles. The molecule has 5 heteroatoms. The molecule has 0 saturated carbocycles. The molecule has 1 heterocycles. The summed E-state index contributed by atoms with van der Waals surface area (Å²) in [7, 11) is 3.75. The fourth-order valence-corrected chi connectivity index (χ4v) is 1.77. The van der Waals surface area contributed by atoms with Gasteiger partial charge in [0.05, 0.1) is 11.9 Å². The van der Waals surface area contributed by atoms with E-state index in [4.69, 9.17) is 5.11 Å². The number of hydrogen-bond acceptors (Lipinski definition) is 3. The number of carboxylic acids is 1. The van der Waals surface area contributed by atoms with E-state index in [1.54, 1.807) is 11.7 Å². The van der Waals surface area contributed by atoms with Crippen LogP contribution in [0.25, 0.3) is 0 Å². The number of aryl methyl sites for hydroxylation is 1. The van der Waals surface area contributed by atoms with Crippen LogP contribution < -0.4 is 0 Å². The van der Waals surface area contributed by atoms with Gasteiger partial charge in [-0.15, -0.1) is 0 Å². The average Bonchev–Trinajstić information content (AvgIpc) is 2.46. The highest BCUT2D eigenvalue weighted by Gasteiger charge is 2.16. The Balaban J connectivity index is 2.79. The van der Waals surface area contributed by atoms with Gasteiger partial charge in [-0.2, -0.15) is 5.10 Å². The average molecular weight is 225 g/mol. The number of aromatic nitrogens is 2. The molecule has 0 bridgehead atoms. The molecule has 0 atom stereocenters. The molecule has 0 aromatic carbocycles. The second-order valence-corrected chi connectivity index (χ2v) is 4.52. The zero-order valence-corrected chi connectivity index (χ0v) is 10.3. The third-order valence-corrected chi connectivity index (χ3v) is 2.39. The fraction of sp³-hybridized carbons (Fsp3) is 0.636. The van der Waals surface area contributed by atoms with Gasteiger partial charge in [-0.3, -0.25) is 4.68 Å². The molecule has 16 heavy (non-hydrogen) atoms. The number of aromatic carboxylic acids is 1. The first-order valence-corrected chi connectivity index (χ1v) is 5.34. The van der Waals surface area contributed by atoms with Crippen molar-refractivity contribution in [2.45, 2.75) is 20.4 Å². The summed E-state index contributed by atoms with van der Waals surface area (Å²) in [6.45, 7) is 5.82. The van der Waals surface area contributed by atoms with Crippen molar-refractivity contribution in [3.05, 3.63) is 17.5 Å². The van der Waals surface area contributed by atoms with E-state index < -0.39 is 5.97 Å². The third-order valence-electron chi connectivity index (χ3n) is 2.39. The van der Waals surface area contributed by atoms with E-state index in [9.17, 15) is 4.79 Å². The van der Waals surface area contributed by atoms with E-state index in [0.29, 0.717) is 12.5 Å². The van der Waals surface area contributed by atoms with Crippen molar-refractivity contribution in [3.63, 3.8) is 0 Å². The van der Waals surface area contributed by atoms with Crippen molar-refractivity contribution in [2.75, 3.05) is 13.6 Å². The summed E-state index contributed by atoms with van der Waals surface area (Å²) in [4.78, 5) is 13.1. The molecule has 1 aromatic heterocycles. The normalized spacial score (nSPS) is 11.4. The van der Waals surface area contributed by atoms with Gasteiger partial charge in [0.15, 0.2) is 0 Å². The first kappa shape index (κ1) is 12.7. The van der Waals surface area contributed by atoms with Crippen LogP contribution in [0.15, 0.2) is 6.20 Å². The SMILES string of the molecule is CC(C)CN(C)Cc1c(C(=O)O)cnn1C. The highest BCUT2D eigenvalue weighted by atomic mass is 16.4. The van der Waals surface area contributed by atoms with Crippen LogP contribution in [0.5, 0.6) is 0 Å². The molecule has 90 valence electrons. The van der Waals surface area contributed by atoms with Crippen LogP contribution in [-0.4, -0.2) is 39.3 Å². The van der Waals surface area contributed by atoms with E-state index in [2.05, 4.69) is 23.8 Å². The maximum atomic E-state index is 11.0.